The summed E-state index contributed by atoms with van der Waals surface area (Å²) in [5, 5.41) is 8.10. The molecule has 134 valence electrons. The maximum atomic E-state index is 12.3. The summed E-state index contributed by atoms with van der Waals surface area (Å²) in [4.78, 5) is 12.3. The molecule has 0 bridgehead atoms. The number of halogens is 2. The number of aryl methyl sites for hydroxylation is 2. The molecule has 0 fully saturated rings. The summed E-state index contributed by atoms with van der Waals surface area (Å²) in [6, 6.07) is 12.6. The minimum absolute atomic E-state index is 0.227. The molecule has 0 aliphatic heterocycles. The van der Waals surface area contributed by atoms with E-state index in [1.165, 1.54) is 11.3 Å². The first-order valence-electron chi connectivity index (χ1n) is 8.19. The van der Waals surface area contributed by atoms with Crippen LogP contribution in [0.2, 0.25) is 10.0 Å². The van der Waals surface area contributed by atoms with Gasteiger partial charge in [-0.05, 0) is 49.7 Å². The van der Waals surface area contributed by atoms with Gasteiger partial charge in [-0.25, -0.2) is 0 Å². The van der Waals surface area contributed by atoms with Gasteiger partial charge in [0.25, 0.3) is 5.91 Å². The van der Waals surface area contributed by atoms with E-state index in [0.717, 1.165) is 23.4 Å². The highest BCUT2D eigenvalue weighted by molar-refractivity contribution is 6.42. The molecule has 6 heteroatoms. The first-order valence-corrected chi connectivity index (χ1v) is 8.95. The van der Waals surface area contributed by atoms with Gasteiger partial charge in [-0.15, -0.1) is 0 Å². The molecular weight excluding hydrogens is 369 g/mol. The number of aromatic nitrogens is 2. The molecule has 0 radical (unpaired) electrons. The minimum Gasteiger partial charge on any atom is -0.322 e. The lowest BCUT2D eigenvalue weighted by molar-refractivity contribution is 0.102. The lowest BCUT2D eigenvalue weighted by Gasteiger charge is -2.08. The molecule has 0 aliphatic rings. The summed E-state index contributed by atoms with van der Waals surface area (Å²) in [6.07, 6.45) is 0.812. The van der Waals surface area contributed by atoms with E-state index in [0.29, 0.717) is 15.6 Å². The highest BCUT2D eigenvalue weighted by Gasteiger charge is 2.11. The largest absolute Gasteiger partial charge is 0.322 e. The van der Waals surface area contributed by atoms with Crippen LogP contribution in [0.3, 0.4) is 0 Å². The van der Waals surface area contributed by atoms with E-state index >= 15 is 0 Å². The zero-order valence-corrected chi connectivity index (χ0v) is 16.3. The van der Waals surface area contributed by atoms with Gasteiger partial charge < -0.3 is 5.32 Å². The fourth-order valence-corrected chi connectivity index (χ4v) is 3.12. The molecule has 1 aromatic heterocycles. The van der Waals surface area contributed by atoms with Crippen molar-refractivity contribution in [3.8, 4) is 0 Å². The Hall–Kier alpha value is -2.30. The number of benzene rings is 2. The maximum Gasteiger partial charge on any atom is 0.255 e. The van der Waals surface area contributed by atoms with E-state index in [1.807, 2.05) is 42.9 Å². The second kappa shape index (κ2) is 7.52. The van der Waals surface area contributed by atoms with Crippen molar-refractivity contribution in [2.24, 2.45) is 7.05 Å². The Morgan fingerprint density at radius 3 is 2.35 bits per heavy atom. The number of rotatable bonds is 4. The molecule has 3 aromatic rings. The molecule has 3 rings (SSSR count). The first-order chi connectivity index (χ1) is 12.3. The van der Waals surface area contributed by atoms with Crippen molar-refractivity contribution in [2.45, 2.75) is 20.3 Å². The first kappa shape index (κ1) is 18.5. The predicted octanol–water partition coefficient (Wildman–Crippen LogP) is 5.19. The molecule has 1 amide bonds. The lowest BCUT2D eigenvalue weighted by atomic mass is 10.0. The van der Waals surface area contributed by atoms with Gasteiger partial charge >= 0.3 is 0 Å². The molecular formula is C20H19Cl2N3O. The molecule has 0 saturated carbocycles. The Morgan fingerprint density at radius 2 is 1.77 bits per heavy atom. The molecule has 26 heavy (non-hydrogen) atoms. The highest BCUT2D eigenvalue weighted by Crippen LogP contribution is 2.23. The lowest BCUT2D eigenvalue weighted by Crippen LogP contribution is -2.11. The van der Waals surface area contributed by atoms with Crippen LogP contribution in [0.1, 0.15) is 32.9 Å². The van der Waals surface area contributed by atoms with E-state index in [-0.39, 0.29) is 5.91 Å². The zero-order chi connectivity index (χ0) is 18.8. The molecule has 1 heterocycles. The number of nitrogens with zero attached hydrogens (tertiary/aromatic N) is 2. The molecule has 0 spiro atoms. The van der Waals surface area contributed by atoms with Gasteiger partial charge in [0.2, 0.25) is 0 Å². The van der Waals surface area contributed by atoms with Crippen LogP contribution in [0, 0.1) is 13.8 Å². The fourth-order valence-electron chi connectivity index (χ4n) is 2.82. The normalized spacial score (nSPS) is 10.8. The Balaban J connectivity index is 1.71. The van der Waals surface area contributed by atoms with Gasteiger partial charge in [-0.1, -0.05) is 35.3 Å². The third-order valence-corrected chi connectivity index (χ3v) is 5.17. The average Bonchev–Trinajstić information content (AvgIpc) is 2.85. The number of carbonyl (C=O) groups excluding carboxylic acids is 1. The van der Waals surface area contributed by atoms with Crippen LogP contribution in [0.5, 0.6) is 0 Å². The van der Waals surface area contributed by atoms with Crippen molar-refractivity contribution in [1.82, 2.24) is 9.78 Å². The Labute approximate surface area is 162 Å². The SMILES string of the molecule is Cc1nn(C)c(C)c1Cc1ccc(NC(=O)c2ccc(Cl)c(Cl)c2)cc1. The molecule has 4 nitrogen and oxygen atoms in total. The van der Waals surface area contributed by atoms with Crippen molar-refractivity contribution >= 4 is 34.8 Å². The molecule has 2 aromatic carbocycles. The Kier molecular flexibility index (Phi) is 5.35. The Morgan fingerprint density at radius 1 is 1.08 bits per heavy atom. The number of amides is 1. The highest BCUT2D eigenvalue weighted by atomic mass is 35.5. The topological polar surface area (TPSA) is 46.9 Å². The van der Waals surface area contributed by atoms with Crippen molar-refractivity contribution in [3.05, 3.63) is 80.6 Å². The minimum atomic E-state index is -0.227. The van der Waals surface area contributed by atoms with Gasteiger partial charge in [-0.2, -0.15) is 5.10 Å². The van der Waals surface area contributed by atoms with Crippen molar-refractivity contribution in [3.63, 3.8) is 0 Å². The van der Waals surface area contributed by atoms with Crippen LogP contribution in [0.4, 0.5) is 5.69 Å². The summed E-state index contributed by atoms with van der Waals surface area (Å²) in [6.45, 7) is 4.09. The van der Waals surface area contributed by atoms with Crippen LogP contribution in [-0.2, 0) is 13.5 Å². The Bertz CT molecular complexity index is 962. The van der Waals surface area contributed by atoms with Crippen LogP contribution in [0.25, 0.3) is 0 Å². The van der Waals surface area contributed by atoms with Crippen molar-refractivity contribution < 1.29 is 4.79 Å². The fraction of sp³-hybridized carbons (Fsp3) is 0.200. The van der Waals surface area contributed by atoms with Crippen LogP contribution in [0.15, 0.2) is 42.5 Å². The summed E-state index contributed by atoms with van der Waals surface area (Å²) in [5.74, 6) is -0.227. The summed E-state index contributed by atoms with van der Waals surface area (Å²) >= 11 is 11.9. The van der Waals surface area contributed by atoms with E-state index in [9.17, 15) is 4.79 Å². The van der Waals surface area contributed by atoms with Crippen LogP contribution < -0.4 is 5.32 Å². The van der Waals surface area contributed by atoms with Crippen molar-refractivity contribution in [2.75, 3.05) is 5.32 Å². The third-order valence-electron chi connectivity index (χ3n) is 4.43. The van der Waals surface area contributed by atoms with E-state index in [4.69, 9.17) is 23.2 Å². The summed E-state index contributed by atoms with van der Waals surface area (Å²) in [7, 11) is 1.95. The molecule has 0 unspecified atom stereocenters. The van der Waals surface area contributed by atoms with Gasteiger partial charge in [0.1, 0.15) is 0 Å². The molecule has 0 saturated heterocycles. The molecule has 1 N–H and O–H groups in total. The average molecular weight is 388 g/mol. The van der Waals surface area contributed by atoms with Gasteiger partial charge in [-0.3, -0.25) is 9.48 Å². The number of hydrogen-bond donors (Lipinski definition) is 1. The third kappa shape index (κ3) is 3.92. The maximum absolute atomic E-state index is 12.3. The summed E-state index contributed by atoms with van der Waals surface area (Å²) in [5.41, 5.74) is 5.80. The van der Waals surface area contributed by atoms with E-state index in [1.54, 1.807) is 18.2 Å². The zero-order valence-electron chi connectivity index (χ0n) is 14.8. The van der Waals surface area contributed by atoms with Crippen molar-refractivity contribution in [1.29, 1.82) is 0 Å². The van der Waals surface area contributed by atoms with Gasteiger partial charge in [0.05, 0.1) is 15.7 Å². The van der Waals surface area contributed by atoms with E-state index < -0.39 is 0 Å². The number of anilines is 1. The molecule has 0 atom stereocenters. The number of nitrogens with one attached hydrogen (secondary N) is 1. The van der Waals surface area contributed by atoms with Crippen LogP contribution in [-0.4, -0.2) is 15.7 Å². The second-order valence-corrected chi connectivity index (χ2v) is 7.04. The standard InChI is InChI=1S/C20H19Cl2N3O/c1-12-17(13(2)25(3)24-12)10-14-4-7-16(8-5-14)23-20(26)15-6-9-18(21)19(22)11-15/h4-9,11H,10H2,1-3H3,(H,23,26). The van der Waals surface area contributed by atoms with Gasteiger partial charge in [0.15, 0.2) is 0 Å². The molecule has 0 aliphatic carbocycles. The monoisotopic (exact) mass is 387 g/mol. The predicted molar refractivity (Wildman–Crippen MR) is 106 cm³/mol. The quantitative estimate of drug-likeness (QED) is 0.669. The van der Waals surface area contributed by atoms with E-state index in [2.05, 4.69) is 17.3 Å². The smallest absolute Gasteiger partial charge is 0.255 e. The number of carbonyl (C=O) groups is 1. The van der Waals surface area contributed by atoms with Crippen LogP contribution >= 0.6 is 23.2 Å². The van der Waals surface area contributed by atoms with Gasteiger partial charge in [0, 0.05) is 36.0 Å². The second-order valence-electron chi connectivity index (χ2n) is 6.23. The number of hydrogen-bond acceptors (Lipinski definition) is 2. The summed E-state index contributed by atoms with van der Waals surface area (Å²) < 4.78 is 1.90.